The van der Waals surface area contributed by atoms with E-state index in [2.05, 4.69) is 15.0 Å². The number of nitro groups is 1. The Balaban J connectivity index is 1.40. The summed E-state index contributed by atoms with van der Waals surface area (Å²) in [5, 5.41) is 23.0. The smallest absolute Gasteiger partial charge is 0.270 e. The van der Waals surface area contributed by atoms with Crippen LogP contribution < -0.4 is 0 Å². The molecule has 0 unspecified atom stereocenters. The highest BCUT2D eigenvalue weighted by molar-refractivity contribution is 6.22. The zero-order valence-electron chi connectivity index (χ0n) is 21.9. The number of imidazole rings is 1. The number of hydrogen-bond donors (Lipinski definition) is 3. The summed E-state index contributed by atoms with van der Waals surface area (Å²) < 4.78 is 0. The van der Waals surface area contributed by atoms with Gasteiger partial charge in [0, 0.05) is 48.1 Å². The largest absolute Gasteiger partial charge is 0.494 e. The molecular weight excluding hydrogens is 520 g/mol. The molecule has 0 radical (unpaired) electrons. The number of amides is 1. The van der Waals surface area contributed by atoms with Crippen molar-refractivity contribution in [3.8, 4) is 5.88 Å². The van der Waals surface area contributed by atoms with Gasteiger partial charge in [0.1, 0.15) is 0 Å². The Labute approximate surface area is 234 Å². The molecular formula is C31H26N6O4. The number of H-pyrrole nitrogens is 2. The molecule has 1 aliphatic rings. The lowest BCUT2D eigenvalue weighted by Gasteiger charge is -2.16. The van der Waals surface area contributed by atoms with E-state index >= 15 is 0 Å². The fourth-order valence-corrected chi connectivity index (χ4v) is 4.98. The van der Waals surface area contributed by atoms with E-state index in [1.807, 2.05) is 65.6 Å². The number of carbonyl (C=O) groups excluding carboxylic acids is 1. The monoisotopic (exact) mass is 546 g/mol. The minimum atomic E-state index is -0.464. The van der Waals surface area contributed by atoms with Crippen LogP contribution in [-0.2, 0) is 11.3 Å². The first-order chi connectivity index (χ1) is 19.9. The summed E-state index contributed by atoms with van der Waals surface area (Å²) in [4.78, 5) is 39.9. The molecule has 1 amide bonds. The lowest BCUT2D eigenvalue weighted by atomic mass is 9.99. The lowest BCUT2D eigenvalue weighted by Crippen LogP contribution is -2.23. The van der Waals surface area contributed by atoms with Gasteiger partial charge >= 0.3 is 0 Å². The van der Waals surface area contributed by atoms with Gasteiger partial charge in [-0.3, -0.25) is 14.9 Å². The third-order valence-electron chi connectivity index (χ3n) is 7.09. The Morgan fingerprint density at radius 3 is 2.59 bits per heavy atom. The summed E-state index contributed by atoms with van der Waals surface area (Å²) in [6.07, 6.45) is 8.68. The van der Waals surface area contributed by atoms with Gasteiger partial charge in [-0.25, -0.2) is 9.98 Å². The number of nitro benzene ring substituents is 1. The zero-order valence-corrected chi connectivity index (χ0v) is 21.9. The number of aliphatic imine (C=N–C) groups is 1. The van der Waals surface area contributed by atoms with Gasteiger partial charge in [0.2, 0.25) is 5.91 Å². The maximum Gasteiger partial charge on any atom is 0.270 e. The van der Waals surface area contributed by atoms with Crippen molar-refractivity contribution in [3.63, 3.8) is 0 Å². The number of likely N-dealkylation sites (tertiary alicyclic amines) is 1. The molecule has 1 aliphatic heterocycles. The highest BCUT2D eigenvalue weighted by Crippen LogP contribution is 2.34. The molecule has 2 aromatic heterocycles. The molecule has 6 rings (SSSR count). The highest BCUT2D eigenvalue weighted by Gasteiger charge is 2.22. The van der Waals surface area contributed by atoms with Crippen molar-refractivity contribution in [1.82, 2.24) is 19.9 Å². The Morgan fingerprint density at radius 2 is 1.90 bits per heavy atom. The molecule has 3 heterocycles. The van der Waals surface area contributed by atoms with Crippen molar-refractivity contribution in [2.75, 3.05) is 6.54 Å². The normalized spacial score (nSPS) is 14.0. The van der Waals surface area contributed by atoms with Crippen molar-refractivity contribution < 1.29 is 14.8 Å². The first kappa shape index (κ1) is 25.8. The third kappa shape index (κ3) is 5.48. The molecule has 10 heteroatoms. The number of nitrogens with zero attached hydrogens (tertiary/aromatic N) is 4. The summed E-state index contributed by atoms with van der Waals surface area (Å²) >= 11 is 0. The van der Waals surface area contributed by atoms with Gasteiger partial charge in [0.25, 0.3) is 5.69 Å². The standard InChI is InChI=1S/C31H26N6O4/c38-28-2-1-15-36(28)18-21-3-8-22(9-4-21)30(29-26-16-25(37(40)41)13-14-27(26)35-31(29)39)34-23-10-5-20(6-11-23)7-12-24-17-32-19-33-24/h3-14,16-17,19,35,39H,1-2,15,18H2,(H,32,33)/b12-7+,34-30?. The molecule has 0 atom stereocenters. The van der Waals surface area contributed by atoms with E-state index in [1.165, 1.54) is 12.1 Å². The van der Waals surface area contributed by atoms with E-state index in [0.717, 1.165) is 29.8 Å². The zero-order chi connectivity index (χ0) is 28.3. The van der Waals surface area contributed by atoms with Crippen LogP contribution in [0.25, 0.3) is 23.1 Å². The summed E-state index contributed by atoms with van der Waals surface area (Å²) in [5.41, 5.74) is 5.48. The van der Waals surface area contributed by atoms with Gasteiger partial charge in [-0.15, -0.1) is 0 Å². The van der Waals surface area contributed by atoms with Crippen LogP contribution in [0.2, 0.25) is 0 Å². The molecule has 0 bridgehead atoms. The molecule has 0 aliphatic carbocycles. The number of rotatable bonds is 8. The van der Waals surface area contributed by atoms with Gasteiger partial charge in [0.15, 0.2) is 5.88 Å². The van der Waals surface area contributed by atoms with Crippen LogP contribution >= 0.6 is 0 Å². The van der Waals surface area contributed by atoms with Gasteiger partial charge < -0.3 is 20.0 Å². The van der Waals surface area contributed by atoms with Crippen LogP contribution in [0.5, 0.6) is 5.88 Å². The second-order valence-corrected chi connectivity index (χ2v) is 9.84. The minimum Gasteiger partial charge on any atom is -0.494 e. The summed E-state index contributed by atoms with van der Waals surface area (Å²) in [6.45, 7) is 1.28. The van der Waals surface area contributed by atoms with Crippen LogP contribution in [0, 0.1) is 10.1 Å². The van der Waals surface area contributed by atoms with E-state index in [-0.39, 0.29) is 17.5 Å². The van der Waals surface area contributed by atoms with Gasteiger partial charge in [-0.05, 0) is 41.8 Å². The van der Waals surface area contributed by atoms with Crippen LogP contribution in [0.4, 0.5) is 11.4 Å². The Kier molecular flexibility index (Phi) is 6.87. The maximum atomic E-state index is 12.1. The molecule has 10 nitrogen and oxygen atoms in total. The van der Waals surface area contributed by atoms with Gasteiger partial charge in [0.05, 0.1) is 40.1 Å². The maximum absolute atomic E-state index is 12.1. The Hall–Kier alpha value is -5.51. The molecule has 0 saturated carbocycles. The number of fused-ring (bicyclic) bond motifs is 1. The van der Waals surface area contributed by atoms with Crippen molar-refractivity contribution in [2.45, 2.75) is 19.4 Å². The van der Waals surface area contributed by atoms with E-state index in [9.17, 15) is 20.0 Å². The van der Waals surface area contributed by atoms with Crippen LogP contribution in [0.3, 0.4) is 0 Å². The lowest BCUT2D eigenvalue weighted by molar-refractivity contribution is -0.384. The van der Waals surface area contributed by atoms with Crippen molar-refractivity contribution in [2.24, 2.45) is 4.99 Å². The van der Waals surface area contributed by atoms with Crippen LogP contribution in [0.15, 0.2) is 84.2 Å². The van der Waals surface area contributed by atoms with E-state index < -0.39 is 4.92 Å². The van der Waals surface area contributed by atoms with E-state index in [1.54, 1.807) is 18.6 Å². The third-order valence-corrected chi connectivity index (χ3v) is 7.09. The number of carbonyl (C=O) groups is 1. The van der Waals surface area contributed by atoms with Gasteiger partial charge in [-0.1, -0.05) is 42.5 Å². The Morgan fingerprint density at radius 1 is 1.10 bits per heavy atom. The topological polar surface area (TPSA) is 141 Å². The number of aromatic hydroxyl groups is 1. The second-order valence-electron chi connectivity index (χ2n) is 9.84. The number of nitrogens with one attached hydrogen (secondary N) is 2. The van der Waals surface area contributed by atoms with Crippen molar-refractivity contribution in [3.05, 3.63) is 117 Å². The Bertz CT molecular complexity index is 1790. The fraction of sp³-hybridized carbons (Fsp3) is 0.129. The van der Waals surface area contributed by atoms with E-state index in [4.69, 9.17) is 4.99 Å². The second kappa shape index (κ2) is 10.9. The molecule has 1 saturated heterocycles. The number of non-ortho nitro benzene ring substituents is 1. The molecule has 41 heavy (non-hydrogen) atoms. The average molecular weight is 547 g/mol. The molecule has 204 valence electrons. The first-order valence-electron chi connectivity index (χ1n) is 13.2. The van der Waals surface area contributed by atoms with Crippen LogP contribution in [-0.4, -0.2) is 48.0 Å². The fourth-order valence-electron chi connectivity index (χ4n) is 4.98. The van der Waals surface area contributed by atoms with Crippen LogP contribution in [0.1, 0.15) is 40.8 Å². The van der Waals surface area contributed by atoms with Crippen molar-refractivity contribution in [1.29, 1.82) is 0 Å². The number of aromatic amines is 2. The quantitative estimate of drug-likeness (QED) is 0.125. The molecule has 0 spiro atoms. The first-order valence-corrected chi connectivity index (χ1v) is 13.2. The molecule has 5 aromatic rings. The molecule has 3 aromatic carbocycles. The summed E-state index contributed by atoms with van der Waals surface area (Å²) in [5.74, 6) is 0.0228. The predicted molar refractivity (Wildman–Crippen MR) is 157 cm³/mol. The van der Waals surface area contributed by atoms with Crippen molar-refractivity contribution >= 4 is 46.0 Å². The van der Waals surface area contributed by atoms with E-state index in [0.29, 0.717) is 46.4 Å². The predicted octanol–water partition coefficient (Wildman–Crippen LogP) is 5.97. The highest BCUT2D eigenvalue weighted by atomic mass is 16.6. The van der Waals surface area contributed by atoms with Gasteiger partial charge in [-0.2, -0.15) is 0 Å². The number of benzene rings is 3. The molecule has 1 fully saturated rings. The average Bonchev–Trinajstić information content (AvgIpc) is 3.72. The minimum absolute atomic E-state index is 0.0869. The SMILES string of the molecule is O=C1CCCN1Cc1ccc(C(=Nc2ccc(/C=C/c3cnc[nH]3)cc2)c2c(O)[nH]c3ccc([N+](=O)[O-])cc23)cc1. The summed E-state index contributed by atoms with van der Waals surface area (Å²) in [7, 11) is 0. The molecule has 3 N–H and O–H groups in total. The number of aromatic nitrogens is 3. The summed E-state index contributed by atoms with van der Waals surface area (Å²) in [6, 6.07) is 19.7. The number of hydrogen-bond acceptors (Lipinski definition) is 6.